The molecule has 1 aromatic carbocycles. The molecule has 20 heavy (non-hydrogen) atoms. The maximum Gasteiger partial charge on any atom is 0.125 e. The molecule has 0 spiro atoms. The van der Waals surface area contributed by atoms with Gasteiger partial charge in [-0.15, -0.1) is 11.6 Å². The Kier molecular flexibility index (Phi) is 3.85. The molecular weight excluding hydrogens is 276 g/mol. The van der Waals surface area contributed by atoms with Crippen molar-refractivity contribution in [3.05, 3.63) is 24.0 Å². The van der Waals surface area contributed by atoms with E-state index in [9.17, 15) is 0 Å². The van der Waals surface area contributed by atoms with Crippen LogP contribution in [0.25, 0.3) is 11.0 Å². The van der Waals surface area contributed by atoms with Crippen molar-refractivity contribution in [3.8, 4) is 5.75 Å². The van der Waals surface area contributed by atoms with E-state index in [0.29, 0.717) is 11.9 Å². The van der Waals surface area contributed by atoms with E-state index < -0.39 is 0 Å². The Morgan fingerprint density at radius 3 is 3.05 bits per heavy atom. The minimum Gasteiger partial charge on any atom is -0.497 e. The summed E-state index contributed by atoms with van der Waals surface area (Å²) in [5.41, 5.74) is 2.07. The number of methoxy groups -OCH3 is 1. The minimum absolute atomic E-state index is 0.278. The summed E-state index contributed by atoms with van der Waals surface area (Å²) in [6.07, 6.45) is 2.27. The lowest BCUT2D eigenvalue weighted by Crippen LogP contribution is -2.26. The van der Waals surface area contributed by atoms with Gasteiger partial charge in [0.25, 0.3) is 0 Å². The van der Waals surface area contributed by atoms with Crippen LogP contribution in [-0.2, 0) is 10.6 Å². The predicted molar refractivity (Wildman–Crippen MR) is 79.5 cm³/mol. The maximum atomic E-state index is 6.09. The van der Waals surface area contributed by atoms with E-state index in [-0.39, 0.29) is 6.10 Å². The molecule has 0 amide bonds. The number of ether oxygens (including phenoxy) is 2. The van der Waals surface area contributed by atoms with Gasteiger partial charge in [-0.05, 0) is 31.9 Å². The summed E-state index contributed by atoms with van der Waals surface area (Å²) < 4.78 is 13.2. The molecule has 1 aliphatic rings. The molecule has 1 fully saturated rings. The van der Waals surface area contributed by atoms with Gasteiger partial charge in [0, 0.05) is 18.7 Å². The molecule has 0 bridgehead atoms. The normalized spacial score (nSPS) is 23.1. The SMILES string of the molecule is COc1ccc2nc(CCl)n(C3CCOC(C)C3)c2c1. The summed E-state index contributed by atoms with van der Waals surface area (Å²) in [4.78, 5) is 4.64. The summed E-state index contributed by atoms with van der Waals surface area (Å²) in [6, 6.07) is 6.36. The van der Waals surface area contributed by atoms with Crippen LogP contribution in [0.4, 0.5) is 0 Å². The van der Waals surface area contributed by atoms with E-state index in [1.807, 2.05) is 18.2 Å². The van der Waals surface area contributed by atoms with Crippen LogP contribution < -0.4 is 4.74 Å². The first-order valence-corrected chi connectivity index (χ1v) is 7.48. The number of halogens is 1. The van der Waals surface area contributed by atoms with Crippen LogP contribution in [0.15, 0.2) is 18.2 Å². The number of fused-ring (bicyclic) bond motifs is 1. The summed E-state index contributed by atoms with van der Waals surface area (Å²) >= 11 is 6.09. The lowest BCUT2D eigenvalue weighted by atomic mass is 10.0. The smallest absolute Gasteiger partial charge is 0.125 e. The van der Waals surface area contributed by atoms with Gasteiger partial charge in [0.05, 0.1) is 30.1 Å². The molecule has 2 unspecified atom stereocenters. The van der Waals surface area contributed by atoms with Crippen LogP contribution in [0.3, 0.4) is 0 Å². The lowest BCUT2D eigenvalue weighted by Gasteiger charge is -2.29. The number of hydrogen-bond donors (Lipinski definition) is 0. The first-order chi connectivity index (χ1) is 9.72. The zero-order valence-electron chi connectivity index (χ0n) is 11.8. The van der Waals surface area contributed by atoms with Gasteiger partial charge in [0.1, 0.15) is 11.6 Å². The fraction of sp³-hybridized carbons (Fsp3) is 0.533. The van der Waals surface area contributed by atoms with Crippen molar-refractivity contribution in [2.75, 3.05) is 13.7 Å². The van der Waals surface area contributed by atoms with Crippen LogP contribution in [0.5, 0.6) is 5.75 Å². The fourth-order valence-electron chi connectivity index (χ4n) is 2.96. The third-order valence-electron chi connectivity index (χ3n) is 3.91. The van der Waals surface area contributed by atoms with Crippen LogP contribution in [0.2, 0.25) is 0 Å². The van der Waals surface area contributed by atoms with Gasteiger partial charge in [-0.25, -0.2) is 4.98 Å². The molecule has 2 aromatic rings. The molecule has 108 valence electrons. The number of nitrogens with zero attached hydrogens (tertiary/aromatic N) is 2. The van der Waals surface area contributed by atoms with Crippen LogP contribution in [-0.4, -0.2) is 29.4 Å². The molecule has 1 aromatic heterocycles. The Hall–Kier alpha value is -1.26. The van der Waals surface area contributed by atoms with E-state index >= 15 is 0 Å². The summed E-state index contributed by atoms with van der Waals surface area (Å²) in [5, 5.41) is 0. The Bertz CT molecular complexity index is 611. The van der Waals surface area contributed by atoms with Gasteiger partial charge in [-0.2, -0.15) is 0 Å². The zero-order chi connectivity index (χ0) is 14.1. The van der Waals surface area contributed by atoms with Gasteiger partial charge in [0.2, 0.25) is 0 Å². The Morgan fingerprint density at radius 2 is 2.35 bits per heavy atom. The van der Waals surface area contributed by atoms with Crippen molar-refractivity contribution in [1.29, 1.82) is 0 Å². The Labute approximate surface area is 123 Å². The summed E-state index contributed by atoms with van der Waals surface area (Å²) in [6.45, 7) is 2.91. The number of imidazole rings is 1. The van der Waals surface area contributed by atoms with Crippen LogP contribution in [0, 0.1) is 0 Å². The van der Waals surface area contributed by atoms with Gasteiger partial charge >= 0.3 is 0 Å². The van der Waals surface area contributed by atoms with Crippen molar-refractivity contribution in [3.63, 3.8) is 0 Å². The molecule has 0 saturated carbocycles. The van der Waals surface area contributed by atoms with E-state index in [1.165, 1.54) is 0 Å². The first-order valence-electron chi connectivity index (χ1n) is 6.95. The molecule has 1 saturated heterocycles. The highest BCUT2D eigenvalue weighted by molar-refractivity contribution is 6.16. The molecule has 1 aliphatic heterocycles. The Balaban J connectivity index is 2.10. The largest absolute Gasteiger partial charge is 0.497 e. The Morgan fingerprint density at radius 1 is 1.50 bits per heavy atom. The number of hydrogen-bond acceptors (Lipinski definition) is 3. The third-order valence-corrected chi connectivity index (χ3v) is 4.15. The van der Waals surface area contributed by atoms with Crippen molar-refractivity contribution in [1.82, 2.24) is 9.55 Å². The summed E-state index contributed by atoms with van der Waals surface area (Å²) in [7, 11) is 1.68. The number of rotatable bonds is 3. The lowest BCUT2D eigenvalue weighted by molar-refractivity contribution is 0.00633. The van der Waals surface area contributed by atoms with Crippen molar-refractivity contribution in [2.45, 2.75) is 37.8 Å². The molecular formula is C15H19ClN2O2. The van der Waals surface area contributed by atoms with Crippen molar-refractivity contribution in [2.24, 2.45) is 0 Å². The highest BCUT2D eigenvalue weighted by atomic mass is 35.5. The first kappa shape index (κ1) is 13.7. The summed E-state index contributed by atoms with van der Waals surface area (Å²) in [5.74, 6) is 2.19. The van der Waals surface area contributed by atoms with E-state index in [1.54, 1.807) is 7.11 Å². The van der Waals surface area contributed by atoms with Gasteiger partial charge in [-0.1, -0.05) is 0 Å². The topological polar surface area (TPSA) is 36.3 Å². The second-order valence-corrected chi connectivity index (χ2v) is 5.51. The average Bonchev–Trinajstić information content (AvgIpc) is 2.84. The van der Waals surface area contributed by atoms with Crippen LogP contribution in [0.1, 0.15) is 31.6 Å². The molecule has 2 atom stereocenters. The average molecular weight is 295 g/mol. The number of alkyl halides is 1. The second-order valence-electron chi connectivity index (χ2n) is 5.25. The molecule has 0 aliphatic carbocycles. The van der Waals surface area contributed by atoms with Crippen LogP contribution >= 0.6 is 11.6 Å². The molecule has 5 heteroatoms. The highest BCUT2D eigenvalue weighted by Gasteiger charge is 2.24. The maximum absolute atomic E-state index is 6.09. The van der Waals surface area contributed by atoms with E-state index in [4.69, 9.17) is 21.1 Å². The molecule has 2 heterocycles. The molecule has 0 N–H and O–H groups in total. The van der Waals surface area contributed by atoms with Crippen molar-refractivity contribution < 1.29 is 9.47 Å². The van der Waals surface area contributed by atoms with Gasteiger partial charge in [-0.3, -0.25) is 0 Å². The third kappa shape index (κ3) is 2.38. The minimum atomic E-state index is 0.278. The second kappa shape index (κ2) is 5.62. The zero-order valence-corrected chi connectivity index (χ0v) is 12.6. The van der Waals surface area contributed by atoms with E-state index in [2.05, 4.69) is 16.5 Å². The van der Waals surface area contributed by atoms with Gasteiger partial charge < -0.3 is 14.0 Å². The van der Waals surface area contributed by atoms with Crippen molar-refractivity contribution >= 4 is 22.6 Å². The number of aromatic nitrogens is 2. The predicted octanol–water partition coefficient (Wildman–Crippen LogP) is 3.52. The highest BCUT2D eigenvalue weighted by Crippen LogP contribution is 2.32. The quantitative estimate of drug-likeness (QED) is 0.813. The molecule has 4 nitrogen and oxygen atoms in total. The monoisotopic (exact) mass is 294 g/mol. The van der Waals surface area contributed by atoms with Gasteiger partial charge in [0.15, 0.2) is 0 Å². The fourth-order valence-corrected chi connectivity index (χ4v) is 3.15. The molecule has 3 rings (SSSR count). The molecule has 0 radical (unpaired) electrons. The standard InChI is InChI=1S/C15H19ClN2O2/c1-10-7-11(5-6-20-10)18-14-8-12(19-2)3-4-13(14)17-15(18)9-16/h3-4,8,10-11H,5-7,9H2,1-2H3. The number of benzene rings is 1. The van der Waals surface area contributed by atoms with E-state index in [0.717, 1.165) is 42.1 Å².